The summed E-state index contributed by atoms with van der Waals surface area (Å²) in [6.45, 7) is -0.326. The predicted octanol–water partition coefficient (Wildman–Crippen LogP) is 3.19. The van der Waals surface area contributed by atoms with Crippen LogP contribution in [0.15, 0.2) is 18.2 Å². The Morgan fingerprint density at radius 1 is 1.43 bits per heavy atom. The molecule has 0 amide bonds. The molecule has 0 saturated heterocycles. The molecular formula is C9H6Cl2F2O. The Morgan fingerprint density at radius 3 is 2.64 bits per heavy atom. The summed E-state index contributed by atoms with van der Waals surface area (Å²) < 4.78 is 26.0. The molecule has 0 heterocycles. The van der Waals surface area contributed by atoms with Crippen LogP contribution in [0.5, 0.6) is 0 Å². The average Bonchev–Trinajstić information content (AvgIpc) is 2.15. The third kappa shape index (κ3) is 2.23. The minimum absolute atomic E-state index is 0.00750. The number of hydrogen-bond donors (Lipinski definition) is 1. The van der Waals surface area contributed by atoms with Gasteiger partial charge >= 0.3 is 0 Å². The minimum Gasteiger partial charge on any atom is -0.392 e. The third-order valence-electron chi connectivity index (χ3n) is 1.56. The van der Waals surface area contributed by atoms with E-state index in [4.69, 9.17) is 28.3 Å². The van der Waals surface area contributed by atoms with Gasteiger partial charge in [0.25, 0.3) is 0 Å². The fourth-order valence-electron chi connectivity index (χ4n) is 0.900. The second kappa shape index (κ2) is 4.73. The van der Waals surface area contributed by atoms with E-state index in [1.165, 1.54) is 6.08 Å². The molecule has 0 aliphatic carbocycles. The van der Waals surface area contributed by atoms with Crippen LogP contribution in [0.4, 0.5) is 8.78 Å². The van der Waals surface area contributed by atoms with Gasteiger partial charge < -0.3 is 5.11 Å². The molecular weight excluding hydrogens is 233 g/mol. The average molecular weight is 239 g/mol. The van der Waals surface area contributed by atoms with Gasteiger partial charge in [0.05, 0.1) is 6.61 Å². The molecule has 14 heavy (non-hydrogen) atoms. The third-order valence-corrected chi connectivity index (χ3v) is 2.27. The van der Waals surface area contributed by atoms with Crippen LogP contribution in [-0.2, 0) is 0 Å². The molecule has 0 bridgehead atoms. The maximum absolute atomic E-state index is 13.3. The van der Waals surface area contributed by atoms with Gasteiger partial charge in [0, 0.05) is 10.6 Å². The molecule has 1 N–H and O–H groups in total. The first kappa shape index (κ1) is 11.4. The van der Waals surface area contributed by atoms with E-state index in [2.05, 4.69) is 0 Å². The largest absolute Gasteiger partial charge is 0.392 e. The van der Waals surface area contributed by atoms with Crippen molar-refractivity contribution in [2.75, 3.05) is 6.61 Å². The lowest BCUT2D eigenvalue weighted by atomic mass is 10.2. The van der Waals surface area contributed by atoms with E-state index in [1.807, 2.05) is 0 Å². The standard InChI is InChI=1S/C9H6Cl2F2O/c10-6(3-4-14)5-1-2-7(12)8(11)9(5)13/h1-3,14H,4H2/b6-3+. The van der Waals surface area contributed by atoms with Crippen molar-refractivity contribution in [1.82, 2.24) is 0 Å². The van der Waals surface area contributed by atoms with E-state index < -0.39 is 16.7 Å². The number of halogens is 4. The van der Waals surface area contributed by atoms with Crippen LogP contribution in [0, 0.1) is 11.6 Å². The molecule has 0 radical (unpaired) electrons. The molecule has 1 rings (SSSR count). The summed E-state index contributed by atoms with van der Waals surface area (Å²) >= 11 is 10.9. The lowest BCUT2D eigenvalue weighted by Crippen LogP contribution is -1.91. The first-order chi connectivity index (χ1) is 6.57. The normalized spacial score (nSPS) is 11.9. The topological polar surface area (TPSA) is 20.2 Å². The van der Waals surface area contributed by atoms with Crippen LogP contribution in [0.3, 0.4) is 0 Å². The second-order valence-corrected chi connectivity index (χ2v) is 3.24. The summed E-state index contributed by atoms with van der Waals surface area (Å²) in [6.07, 6.45) is 1.19. The number of rotatable bonds is 2. The summed E-state index contributed by atoms with van der Waals surface area (Å²) in [5.74, 6) is -1.78. The number of hydrogen-bond acceptors (Lipinski definition) is 1. The first-order valence-corrected chi connectivity index (χ1v) is 4.44. The Bertz CT molecular complexity index is 377. The Hall–Kier alpha value is -0.640. The van der Waals surface area contributed by atoms with Gasteiger partial charge in [0.2, 0.25) is 0 Å². The Kier molecular flexibility index (Phi) is 3.86. The minimum atomic E-state index is -0.929. The SMILES string of the molecule is OC/C=C(/Cl)c1ccc(F)c(Cl)c1F. The highest BCUT2D eigenvalue weighted by atomic mass is 35.5. The van der Waals surface area contributed by atoms with Crippen molar-refractivity contribution in [2.24, 2.45) is 0 Å². The molecule has 5 heteroatoms. The highest BCUT2D eigenvalue weighted by Gasteiger charge is 2.13. The van der Waals surface area contributed by atoms with Crippen molar-refractivity contribution in [3.8, 4) is 0 Å². The Balaban J connectivity index is 3.24. The van der Waals surface area contributed by atoms with Gasteiger partial charge in [-0.3, -0.25) is 0 Å². The Labute approximate surface area is 89.6 Å². The van der Waals surface area contributed by atoms with Gasteiger partial charge in [-0.15, -0.1) is 0 Å². The summed E-state index contributed by atoms with van der Waals surface area (Å²) in [6, 6.07) is 2.17. The van der Waals surface area contributed by atoms with E-state index >= 15 is 0 Å². The molecule has 1 aromatic rings. The molecule has 0 aliphatic heterocycles. The fraction of sp³-hybridized carbons (Fsp3) is 0.111. The van der Waals surface area contributed by atoms with Crippen molar-refractivity contribution < 1.29 is 13.9 Å². The molecule has 0 unspecified atom stereocenters. The molecule has 0 fully saturated rings. The highest BCUT2D eigenvalue weighted by molar-refractivity contribution is 6.49. The zero-order chi connectivity index (χ0) is 10.7. The van der Waals surface area contributed by atoms with Crippen molar-refractivity contribution in [3.63, 3.8) is 0 Å². The summed E-state index contributed by atoms with van der Waals surface area (Å²) in [5.41, 5.74) is -0.0351. The van der Waals surface area contributed by atoms with Gasteiger partial charge in [-0.25, -0.2) is 8.78 Å². The van der Waals surface area contributed by atoms with Crippen LogP contribution in [-0.4, -0.2) is 11.7 Å². The van der Waals surface area contributed by atoms with Crippen molar-refractivity contribution in [2.45, 2.75) is 0 Å². The van der Waals surface area contributed by atoms with Gasteiger partial charge in [-0.2, -0.15) is 0 Å². The molecule has 1 nitrogen and oxygen atoms in total. The summed E-state index contributed by atoms with van der Waals surface area (Å²) in [7, 11) is 0. The van der Waals surface area contributed by atoms with Crippen LogP contribution >= 0.6 is 23.2 Å². The van der Waals surface area contributed by atoms with E-state index in [-0.39, 0.29) is 17.2 Å². The molecule has 0 atom stereocenters. The lowest BCUT2D eigenvalue weighted by Gasteiger charge is -2.03. The Morgan fingerprint density at radius 2 is 2.07 bits per heavy atom. The van der Waals surface area contributed by atoms with E-state index in [0.717, 1.165) is 12.1 Å². The van der Waals surface area contributed by atoms with Crippen LogP contribution in [0.2, 0.25) is 5.02 Å². The summed E-state index contributed by atoms with van der Waals surface area (Å²) in [5, 5.41) is 7.91. The molecule has 0 aromatic heterocycles. The molecule has 0 saturated carbocycles. The smallest absolute Gasteiger partial charge is 0.153 e. The van der Waals surface area contributed by atoms with Crippen LogP contribution < -0.4 is 0 Å². The van der Waals surface area contributed by atoms with Gasteiger partial charge in [0.15, 0.2) is 5.82 Å². The number of aliphatic hydroxyl groups is 1. The number of aliphatic hydroxyl groups excluding tert-OH is 1. The fourth-order valence-corrected chi connectivity index (χ4v) is 1.28. The molecule has 0 aliphatic rings. The molecule has 0 spiro atoms. The second-order valence-electron chi connectivity index (χ2n) is 2.46. The maximum Gasteiger partial charge on any atom is 0.153 e. The van der Waals surface area contributed by atoms with Gasteiger partial charge in [-0.1, -0.05) is 23.2 Å². The van der Waals surface area contributed by atoms with Crippen LogP contribution in [0.1, 0.15) is 5.56 Å². The van der Waals surface area contributed by atoms with Gasteiger partial charge in [-0.05, 0) is 18.2 Å². The van der Waals surface area contributed by atoms with Crippen molar-refractivity contribution in [1.29, 1.82) is 0 Å². The first-order valence-electron chi connectivity index (χ1n) is 3.68. The summed E-state index contributed by atoms with van der Waals surface area (Å²) in [4.78, 5) is 0. The zero-order valence-corrected chi connectivity index (χ0v) is 8.41. The highest BCUT2D eigenvalue weighted by Crippen LogP contribution is 2.28. The van der Waals surface area contributed by atoms with E-state index in [9.17, 15) is 8.78 Å². The lowest BCUT2D eigenvalue weighted by molar-refractivity contribution is 0.343. The van der Waals surface area contributed by atoms with Gasteiger partial charge in [0.1, 0.15) is 10.8 Å². The van der Waals surface area contributed by atoms with Crippen molar-refractivity contribution in [3.05, 3.63) is 40.4 Å². The number of benzene rings is 1. The predicted molar refractivity (Wildman–Crippen MR) is 52.3 cm³/mol. The molecule has 1 aromatic carbocycles. The molecule has 76 valence electrons. The van der Waals surface area contributed by atoms with Crippen molar-refractivity contribution >= 4 is 28.2 Å². The maximum atomic E-state index is 13.3. The van der Waals surface area contributed by atoms with E-state index in [0.29, 0.717) is 0 Å². The van der Waals surface area contributed by atoms with E-state index in [1.54, 1.807) is 0 Å². The zero-order valence-electron chi connectivity index (χ0n) is 6.90. The van der Waals surface area contributed by atoms with Crippen LogP contribution in [0.25, 0.3) is 5.03 Å². The monoisotopic (exact) mass is 238 g/mol. The quantitative estimate of drug-likeness (QED) is 0.785.